The number of aromatic nitrogens is 3. The van der Waals surface area contributed by atoms with Gasteiger partial charge in [-0.25, -0.2) is 9.18 Å². The molecule has 0 fully saturated rings. The van der Waals surface area contributed by atoms with E-state index in [1.54, 1.807) is 19.1 Å². The predicted molar refractivity (Wildman–Crippen MR) is 95.2 cm³/mol. The molecule has 0 radical (unpaired) electrons. The first-order valence-electron chi connectivity index (χ1n) is 8.23. The Labute approximate surface area is 158 Å². The van der Waals surface area contributed by atoms with Gasteiger partial charge in [0.2, 0.25) is 0 Å². The van der Waals surface area contributed by atoms with E-state index in [1.807, 2.05) is 0 Å². The molecule has 0 unspecified atom stereocenters. The van der Waals surface area contributed by atoms with E-state index >= 15 is 0 Å². The van der Waals surface area contributed by atoms with Gasteiger partial charge in [0.25, 0.3) is 5.69 Å². The standard InChI is InChI=1S/C18H15FN4O5/c1-2-27-18(24)17-16(20-22-21-17)14-9-13(23(25)26)6-7-15(14)28-10-11-4-3-5-12(19)8-11/h3-9H,2,10H2,1H3,(H,20,21,22). The molecule has 0 bridgehead atoms. The van der Waals surface area contributed by atoms with Crippen molar-refractivity contribution in [1.82, 2.24) is 15.4 Å². The predicted octanol–water partition coefficient (Wildman–Crippen LogP) is 3.27. The minimum absolute atomic E-state index is 0.00909. The molecular weight excluding hydrogens is 371 g/mol. The number of halogens is 1. The molecule has 1 aromatic heterocycles. The highest BCUT2D eigenvalue weighted by molar-refractivity contribution is 5.95. The number of benzene rings is 2. The summed E-state index contributed by atoms with van der Waals surface area (Å²) < 4.78 is 24.0. The topological polar surface area (TPSA) is 120 Å². The number of nitro groups is 1. The van der Waals surface area contributed by atoms with Gasteiger partial charge >= 0.3 is 5.97 Å². The number of hydrogen-bond acceptors (Lipinski definition) is 7. The van der Waals surface area contributed by atoms with Gasteiger partial charge in [0.15, 0.2) is 5.69 Å². The van der Waals surface area contributed by atoms with Crippen molar-refractivity contribution in [3.8, 4) is 17.0 Å². The van der Waals surface area contributed by atoms with E-state index < -0.39 is 16.7 Å². The zero-order valence-corrected chi connectivity index (χ0v) is 14.7. The lowest BCUT2D eigenvalue weighted by Gasteiger charge is -2.11. The number of carbonyl (C=O) groups excluding carboxylic acids is 1. The first kappa shape index (κ1) is 19.0. The molecule has 1 heterocycles. The maximum atomic E-state index is 13.3. The fourth-order valence-corrected chi connectivity index (χ4v) is 2.49. The number of aromatic amines is 1. The minimum atomic E-state index is -0.728. The van der Waals surface area contributed by atoms with Crippen molar-refractivity contribution >= 4 is 11.7 Å². The van der Waals surface area contributed by atoms with Crippen LogP contribution in [0.5, 0.6) is 5.75 Å². The first-order chi connectivity index (χ1) is 13.5. The van der Waals surface area contributed by atoms with E-state index in [2.05, 4.69) is 15.4 Å². The van der Waals surface area contributed by atoms with Gasteiger partial charge < -0.3 is 9.47 Å². The van der Waals surface area contributed by atoms with E-state index in [0.29, 0.717) is 5.56 Å². The van der Waals surface area contributed by atoms with Crippen LogP contribution in [0.3, 0.4) is 0 Å². The third-order valence-corrected chi connectivity index (χ3v) is 3.73. The fourth-order valence-electron chi connectivity index (χ4n) is 2.49. The summed E-state index contributed by atoms with van der Waals surface area (Å²) in [7, 11) is 0. The van der Waals surface area contributed by atoms with E-state index in [0.717, 1.165) is 0 Å². The van der Waals surface area contributed by atoms with Crippen molar-refractivity contribution in [2.45, 2.75) is 13.5 Å². The van der Waals surface area contributed by atoms with Crippen LogP contribution >= 0.6 is 0 Å². The molecule has 2 aromatic carbocycles. The zero-order chi connectivity index (χ0) is 20.1. The summed E-state index contributed by atoms with van der Waals surface area (Å²) in [6, 6.07) is 9.70. The summed E-state index contributed by atoms with van der Waals surface area (Å²) >= 11 is 0. The molecule has 3 aromatic rings. The molecule has 0 saturated carbocycles. The molecule has 0 saturated heterocycles. The molecule has 0 spiro atoms. The van der Waals surface area contributed by atoms with E-state index in [1.165, 1.54) is 30.3 Å². The lowest BCUT2D eigenvalue weighted by atomic mass is 10.1. The van der Waals surface area contributed by atoms with E-state index in [4.69, 9.17) is 9.47 Å². The molecule has 10 heteroatoms. The maximum Gasteiger partial charge on any atom is 0.361 e. The Morgan fingerprint density at radius 3 is 2.79 bits per heavy atom. The normalized spacial score (nSPS) is 10.5. The number of rotatable bonds is 7. The summed E-state index contributed by atoms with van der Waals surface area (Å²) in [6.45, 7) is 1.77. The van der Waals surface area contributed by atoms with Crippen LogP contribution in [0.1, 0.15) is 23.0 Å². The Balaban J connectivity index is 1.99. The number of non-ortho nitro benzene ring substituents is 1. The summed E-state index contributed by atoms with van der Waals surface area (Å²) in [5.41, 5.74) is 0.456. The Morgan fingerprint density at radius 1 is 1.25 bits per heavy atom. The van der Waals surface area contributed by atoms with Crippen LogP contribution in [0.4, 0.5) is 10.1 Å². The van der Waals surface area contributed by atoms with E-state index in [9.17, 15) is 19.3 Å². The van der Waals surface area contributed by atoms with Gasteiger partial charge in [0.05, 0.1) is 17.1 Å². The Kier molecular flexibility index (Phi) is 5.58. The van der Waals surface area contributed by atoms with Gasteiger partial charge in [-0.05, 0) is 30.7 Å². The Hall–Kier alpha value is -3.82. The molecule has 9 nitrogen and oxygen atoms in total. The number of nitrogens with one attached hydrogen (secondary N) is 1. The molecule has 0 amide bonds. The summed E-state index contributed by atoms with van der Waals surface area (Å²) in [4.78, 5) is 22.7. The fraction of sp³-hybridized carbons (Fsp3) is 0.167. The van der Waals surface area contributed by atoms with Gasteiger partial charge in [0, 0.05) is 12.1 Å². The number of nitrogens with zero attached hydrogens (tertiary/aromatic N) is 3. The van der Waals surface area contributed by atoms with Gasteiger partial charge in [-0.3, -0.25) is 10.1 Å². The monoisotopic (exact) mass is 386 g/mol. The summed E-state index contributed by atoms with van der Waals surface area (Å²) in [6.07, 6.45) is 0. The number of nitro benzene ring substituents is 1. The molecule has 3 rings (SSSR count). The van der Waals surface area contributed by atoms with Crippen LogP contribution in [0, 0.1) is 15.9 Å². The number of ether oxygens (including phenoxy) is 2. The molecule has 0 aliphatic heterocycles. The van der Waals surface area contributed by atoms with Crippen molar-refractivity contribution in [3.05, 3.63) is 69.7 Å². The van der Waals surface area contributed by atoms with Crippen LogP contribution in [0.25, 0.3) is 11.3 Å². The second-order valence-corrected chi connectivity index (χ2v) is 5.60. The van der Waals surface area contributed by atoms with Crippen molar-refractivity contribution in [1.29, 1.82) is 0 Å². The summed E-state index contributed by atoms with van der Waals surface area (Å²) in [5, 5.41) is 21.2. The van der Waals surface area contributed by atoms with Gasteiger partial charge in [0.1, 0.15) is 23.9 Å². The van der Waals surface area contributed by atoms with Gasteiger partial charge in [-0.2, -0.15) is 10.3 Å². The highest BCUT2D eigenvalue weighted by Gasteiger charge is 2.24. The van der Waals surface area contributed by atoms with Crippen molar-refractivity contribution in [2.75, 3.05) is 6.61 Å². The number of H-pyrrole nitrogens is 1. The lowest BCUT2D eigenvalue weighted by Crippen LogP contribution is -2.07. The molecule has 28 heavy (non-hydrogen) atoms. The van der Waals surface area contributed by atoms with Crippen molar-refractivity contribution < 1.29 is 23.6 Å². The SMILES string of the molecule is CCOC(=O)c1n[nH]nc1-c1cc([N+](=O)[O-])ccc1OCc1cccc(F)c1. The third-order valence-electron chi connectivity index (χ3n) is 3.73. The number of carbonyl (C=O) groups is 1. The average molecular weight is 386 g/mol. The van der Waals surface area contributed by atoms with Gasteiger partial charge in [-0.1, -0.05) is 12.1 Å². The largest absolute Gasteiger partial charge is 0.488 e. The second kappa shape index (κ2) is 8.25. The second-order valence-electron chi connectivity index (χ2n) is 5.60. The van der Waals surface area contributed by atoms with E-state index in [-0.39, 0.29) is 41.6 Å². The number of esters is 1. The molecule has 144 valence electrons. The minimum Gasteiger partial charge on any atom is -0.488 e. The van der Waals surface area contributed by atoms with Crippen LogP contribution in [0.15, 0.2) is 42.5 Å². The molecular formula is C18H15FN4O5. The number of hydrogen-bond donors (Lipinski definition) is 1. The smallest absolute Gasteiger partial charge is 0.361 e. The van der Waals surface area contributed by atoms with Crippen LogP contribution in [-0.2, 0) is 11.3 Å². The average Bonchev–Trinajstić information content (AvgIpc) is 3.16. The molecule has 0 atom stereocenters. The maximum absolute atomic E-state index is 13.3. The zero-order valence-electron chi connectivity index (χ0n) is 14.7. The van der Waals surface area contributed by atoms with Gasteiger partial charge in [-0.15, -0.1) is 5.10 Å². The van der Waals surface area contributed by atoms with Crippen LogP contribution in [-0.4, -0.2) is 32.9 Å². The van der Waals surface area contributed by atoms with Crippen molar-refractivity contribution in [2.24, 2.45) is 0 Å². The Bertz CT molecular complexity index is 1020. The van der Waals surface area contributed by atoms with Crippen LogP contribution < -0.4 is 4.74 Å². The quantitative estimate of drug-likeness (QED) is 0.376. The molecule has 0 aliphatic rings. The lowest BCUT2D eigenvalue weighted by molar-refractivity contribution is -0.384. The Morgan fingerprint density at radius 2 is 2.07 bits per heavy atom. The van der Waals surface area contributed by atoms with Crippen molar-refractivity contribution in [3.63, 3.8) is 0 Å². The molecule has 0 aliphatic carbocycles. The first-order valence-corrected chi connectivity index (χ1v) is 8.23. The third kappa shape index (κ3) is 4.11. The summed E-state index contributed by atoms with van der Waals surface area (Å²) in [5.74, 6) is -0.922. The molecule has 1 N–H and O–H groups in total. The highest BCUT2D eigenvalue weighted by atomic mass is 19.1. The highest BCUT2D eigenvalue weighted by Crippen LogP contribution is 2.34. The van der Waals surface area contributed by atoms with Crippen LogP contribution in [0.2, 0.25) is 0 Å².